The number of carboxylic acids is 1. The van der Waals surface area contributed by atoms with Crippen LogP contribution in [0.3, 0.4) is 0 Å². The number of nitrogens with zero attached hydrogens (tertiary/aromatic N) is 5. The molecule has 4 heterocycles. The Morgan fingerprint density at radius 2 is 2.05 bits per heavy atom. The van der Waals surface area contributed by atoms with Crippen molar-refractivity contribution >= 4 is 59.7 Å². The summed E-state index contributed by atoms with van der Waals surface area (Å²) in [5.41, 5.74) is 0.105. The van der Waals surface area contributed by atoms with Gasteiger partial charge in [0.1, 0.15) is 23.7 Å². The fourth-order valence-corrected chi connectivity index (χ4v) is 6.64. The van der Waals surface area contributed by atoms with Crippen molar-refractivity contribution in [3.63, 3.8) is 0 Å². The molecule has 1 unspecified atom stereocenters. The average Bonchev–Trinajstić information content (AvgIpc) is 3.41. The minimum Gasteiger partial charge on any atom is -0.477 e. The van der Waals surface area contributed by atoms with Gasteiger partial charge in [-0.15, -0.1) is 11.8 Å². The van der Waals surface area contributed by atoms with Gasteiger partial charge in [0, 0.05) is 49.2 Å². The van der Waals surface area contributed by atoms with Crippen LogP contribution in [0.15, 0.2) is 59.7 Å². The van der Waals surface area contributed by atoms with Gasteiger partial charge in [-0.25, -0.2) is 13.9 Å². The van der Waals surface area contributed by atoms with E-state index in [1.807, 2.05) is 22.8 Å². The fraction of sp³-hybridized carbons (Fsp3) is 0.318. The predicted molar refractivity (Wildman–Crippen MR) is 144 cm³/mol. The largest absolute Gasteiger partial charge is 0.477 e. The molecule has 0 saturated carbocycles. The van der Waals surface area contributed by atoms with Crippen molar-refractivity contribution < 1.29 is 42.5 Å². The van der Waals surface area contributed by atoms with Crippen molar-refractivity contribution in [1.29, 1.82) is 0 Å². The molecule has 212 valence electrons. The summed E-state index contributed by atoms with van der Waals surface area (Å²) >= 11 is 2.09. The van der Waals surface area contributed by atoms with Crippen LogP contribution in [0.4, 0.5) is 5.13 Å². The molecule has 15 nitrogen and oxygen atoms in total. The minimum atomic E-state index is -3.69. The second-order valence-corrected chi connectivity index (χ2v) is 11.9. The van der Waals surface area contributed by atoms with Gasteiger partial charge in [0.05, 0.1) is 0 Å². The van der Waals surface area contributed by atoms with E-state index < -0.39 is 36.9 Å². The number of pyridine rings is 1. The standard InChI is InChI=1S/C22H24N7O8PS2/c1-4-10-37-25-14(17-24-22(40-27-17)26-38(34,35-2)36-3)18(30)23-15-19(31)29-16(21(32)33)13(12-39-20(15)29)11-28-8-6-5-7-9-28/h4-9,15,20H,1,10-12H2,2-3H3,(H2-,23,24,26,27,30,32,33,34)/p+1/b25-14-/t15?,20-/m1/s1. The van der Waals surface area contributed by atoms with Gasteiger partial charge in [-0.3, -0.25) is 28.6 Å². The molecule has 2 atom stereocenters. The van der Waals surface area contributed by atoms with E-state index in [2.05, 4.69) is 31.5 Å². The number of rotatable bonds is 13. The zero-order valence-corrected chi connectivity index (χ0v) is 23.8. The molecular formula is C22H25N7O8PS2+. The summed E-state index contributed by atoms with van der Waals surface area (Å²) in [6.45, 7) is 3.79. The first-order valence-corrected chi connectivity index (χ1v) is 14.9. The van der Waals surface area contributed by atoms with Gasteiger partial charge in [0.25, 0.3) is 11.8 Å². The molecule has 2 aliphatic rings. The first kappa shape index (κ1) is 29.4. The van der Waals surface area contributed by atoms with E-state index in [0.29, 0.717) is 17.9 Å². The highest BCUT2D eigenvalue weighted by atomic mass is 32.2. The van der Waals surface area contributed by atoms with Crippen LogP contribution in [0, 0.1) is 0 Å². The van der Waals surface area contributed by atoms with E-state index >= 15 is 0 Å². The van der Waals surface area contributed by atoms with Gasteiger partial charge in [-0.05, 0) is 0 Å². The fourth-order valence-electron chi connectivity index (χ4n) is 3.76. The van der Waals surface area contributed by atoms with Crippen LogP contribution in [0.25, 0.3) is 0 Å². The Kier molecular flexibility index (Phi) is 9.32. The summed E-state index contributed by atoms with van der Waals surface area (Å²) in [6.07, 6.45) is 5.01. The third-order valence-electron chi connectivity index (χ3n) is 5.60. The summed E-state index contributed by atoms with van der Waals surface area (Å²) < 4.78 is 27.9. The number of amides is 2. The van der Waals surface area contributed by atoms with Gasteiger partial charge >= 0.3 is 13.7 Å². The van der Waals surface area contributed by atoms with Crippen molar-refractivity contribution in [1.82, 2.24) is 19.6 Å². The summed E-state index contributed by atoms with van der Waals surface area (Å²) in [5.74, 6) is -2.48. The second kappa shape index (κ2) is 12.7. The smallest absolute Gasteiger partial charge is 0.434 e. The monoisotopic (exact) mass is 610 g/mol. The highest BCUT2D eigenvalue weighted by molar-refractivity contribution is 8.00. The van der Waals surface area contributed by atoms with Crippen molar-refractivity contribution in [2.45, 2.75) is 18.0 Å². The van der Waals surface area contributed by atoms with Gasteiger partial charge in [0.2, 0.25) is 16.7 Å². The highest BCUT2D eigenvalue weighted by Gasteiger charge is 2.55. The van der Waals surface area contributed by atoms with Crippen LogP contribution in [0.1, 0.15) is 5.82 Å². The van der Waals surface area contributed by atoms with Gasteiger partial charge in [-0.1, -0.05) is 23.9 Å². The lowest BCUT2D eigenvalue weighted by molar-refractivity contribution is -0.689. The molecule has 1 fully saturated rings. The molecule has 2 amide bonds. The van der Waals surface area contributed by atoms with Crippen LogP contribution < -0.4 is 15.0 Å². The number of aromatic nitrogens is 3. The van der Waals surface area contributed by atoms with E-state index in [4.69, 9.17) is 13.9 Å². The number of carbonyl (C=O) groups is 3. The minimum absolute atomic E-state index is 0.0139. The number of aliphatic carboxylic acids is 1. The molecule has 0 bridgehead atoms. The predicted octanol–water partition coefficient (Wildman–Crippen LogP) is 0.984. The number of anilines is 1. The number of carbonyl (C=O) groups excluding carboxylic acids is 2. The number of nitrogens with one attached hydrogen (secondary N) is 2. The molecule has 4 rings (SSSR count). The van der Waals surface area contributed by atoms with Crippen molar-refractivity contribution in [2.24, 2.45) is 5.16 Å². The molecule has 0 aromatic carbocycles. The Morgan fingerprint density at radius 3 is 2.70 bits per heavy atom. The zero-order chi connectivity index (χ0) is 28.9. The summed E-state index contributed by atoms with van der Waals surface area (Å²) in [7, 11) is -1.33. The number of thioether (sulfide) groups is 1. The second-order valence-electron chi connectivity index (χ2n) is 8.09. The quantitative estimate of drug-likeness (QED) is 0.0556. The summed E-state index contributed by atoms with van der Waals surface area (Å²) in [5, 5.41) is 18.1. The summed E-state index contributed by atoms with van der Waals surface area (Å²) in [4.78, 5) is 48.8. The van der Waals surface area contributed by atoms with Crippen LogP contribution >= 0.6 is 31.0 Å². The molecule has 2 aromatic rings. The number of hydrogen-bond donors (Lipinski definition) is 3. The van der Waals surface area contributed by atoms with E-state index in [-0.39, 0.29) is 29.0 Å². The number of fused-ring (bicyclic) bond motifs is 1. The molecule has 2 aromatic heterocycles. The molecule has 3 N–H and O–H groups in total. The highest BCUT2D eigenvalue weighted by Crippen LogP contribution is 2.46. The Balaban J connectivity index is 1.52. The Bertz CT molecular complexity index is 1410. The molecule has 0 spiro atoms. The Hall–Kier alpha value is -3.63. The lowest BCUT2D eigenvalue weighted by Gasteiger charge is -2.49. The Labute approximate surface area is 236 Å². The van der Waals surface area contributed by atoms with E-state index in [1.165, 1.54) is 37.0 Å². The number of β-lactam (4-membered cyclic amide) rings is 1. The van der Waals surface area contributed by atoms with Gasteiger partial charge in [0.15, 0.2) is 18.9 Å². The van der Waals surface area contributed by atoms with E-state index in [0.717, 1.165) is 11.5 Å². The van der Waals surface area contributed by atoms with Gasteiger partial charge < -0.3 is 15.3 Å². The van der Waals surface area contributed by atoms with Crippen LogP contribution in [-0.2, 0) is 39.4 Å². The van der Waals surface area contributed by atoms with Crippen molar-refractivity contribution in [3.8, 4) is 0 Å². The molecule has 18 heteroatoms. The first-order chi connectivity index (χ1) is 19.2. The normalized spacial score (nSPS) is 19.0. The molecular weight excluding hydrogens is 585 g/mol. The van der Waals surface area contributed by atoms with Crippen molar-refractivity contribution in [2.75, 3.05) is 31.7 Å². The van der Waals surface area contributed by atoms with Crippen LogP contribution in [0.5, 0.6) is 0 Å². The first-order valence-electron chi connectivity index (χ1n) is 11.5. The maximum absolute atomic E-state index is 13.2. The third kappa shape index (κ3) is 6.23. The average molecular weight is 611 g/mol. The maximum atomic E-state index is 13.2. The third-order valence-corrected chi connectivity index (χ3v) is 9.17. The SMILES string of the molecule is C=CCO/N=C(\C(=O)NC1C(=O)N2C(C(=O)O)=C(C[n+]3ccccc3)CS[C@H]12)c1nsc(NP(=O)(OC)OC)n1. The molecule has 0 aliphatic carbocycles. The van der Waals surface area contributed by atoms with Crippen LogP contribution in [-0.4, -0.2) is 80.9 Å². The maximum Gasteiger partial charge on any atom is 0.434 e. The van der Waals surface area contributed by atoms with Crippen LogP contribution in [0.2, 0.25) is 0 Å². The summed E-state index contributed by atoms with van der Waals surface area (Å²) in [6, 6.07) is 4.46. The topological polar surface area (TPSA) is 186 Å². The van der Waals surface area contributed by atoms with E-state index in [1.54, 1.807) is 12.4 Å². The number of carboxylic acid groups (broad SMARTS) is 1. The lowest BCUT2D eigenvalue weighted by atomic mass is 10.0. The molecule has 1 saturated heterocycles. The zero-order valence-electron chi connectivity index (χ0n) is 21.3. The molecule has 2 aliphatic heterocycles. The van der Waals surface area contributed by atoms with E-state index in [9.17, 15) is 24.1 Å². The number of hydrogen-bond acceptors (Lipinski definition) is 12. The molecule has 0 radical (unpaired) electrons. The number of oxime groups is 1. The lowest BCUT2D eigenvalue weighted by Crippen LogP contribution is -2.71. The molecule has 40 heavy (non-hydrogen) atoms. The van der Waals surface area contributed by atoms with Crippen molar-refractivity contribution in [3.05, 3.63) is 60.3 Å². The Morgan fingerprint density at radius 1 is 1.32 bits per heavy atom. The van der Waals surface area contributed by atoms with Gasteiger partial charge in [-0.2, -0.15) is 9.36 Å².